The van der Waals surface area contributed by atoms with Crippen molar-refractivity contribution in [1.82, 2.24) is 25.2 Å². The van der Waals surface area contributed by atoms with Gasteiger partial charge in [0.2, 0.25) is 0 Å². The van der Waals surface area contributed by atoms with Gasteiger partial charge in [-0.15, -0.1) is 16.4 Å². The van der Waals surface area contributed by atoms with Crippen LogP contribution in [0.25, 0.3) is 5.69 Å². The Bertz CT molecular complexity index is 727. The summed E-state index contributed by atoms with van der Waals surface area (Å²) >= 11 is 1.36. The average Bonchev–Trinajstić information content (AvgIpc) is 3.21. The minimum atomic E-state index is -0.636. The first-order chi connectivity index (χ1) is 10.7. The first-order valence-corrected chi connectivity index (χ1v) is 7.31. The number of tetrazole rings is 1. The Hall–Kier alpha value is -2.81. The fraction of sp³-hybridized carbons (Fsp3) is 0.154. The van der Waals surface area contributed by atoms with E-state index in [1.807, 2.05) is 0 Å². The number of carbonyl (C=O) groups excluding carboxylic acids is 1. The van der Waals surface area contributed by atoms with Gasteiger partial charge in [0.15, 0.2) is 11.2 Å². The summed E-state index contributed by atoms with van der Waals surface area (Å²) in [5.41, 5.74) is 0.803. The number of thiazole rings is 1. The number of amides is 1. The van der Waals surface area contributed by atoms with Crippen LogP contribution >= 0.6 is 11.3 Å². The average molecular weight is 316 g/mol. The third-order valence-electron chi connectivity index (χ3n) is 2.79. The largest absolute Gasteiger partial charge is 0.481 e. The molecule has 0 saturated carbocycles. The van der Waals surface area contributed by atoms with Crippen molar-refractivity contribution in [2.24, 2.45) is 0 Å². The third-order valence-corrected chi connectivity index (χ3v) is 3.48. The number of carbonyl (C=O) groups is 1. The fourth-order valence-electron chi connectivity index (χ4n) is 1.71. The lowest BCUT2D eigenvalue weighted by molar-refractivity contribution is -0.122. The molecule has 2 aromatic heterocycles. The molecule has 0 radical (unpaired) electrons. The number of benzene rings is 1. The zero-order chi connectivity index (χ0) is 15.4. The lowest BCUT2D eigenvalue weighted by atomic mass is 10.3. The van der Waals surface area contributed by atoms with Crippen molar-refractivity contribution in [3.63, 3.8) is 0 Å². The lowest BCUT2D eigenvalue weighted by Crippen LogP contribution is -2.30. The molecule has 1 atom stereocenters. The van der Waals surface area contributed by atoms with Crippen molar-refractivity contribution in [2.45, 2.75) is 13.0 Å². The highest BCUT2D eigenvalue weighted by Gasteiger charge is 2.15. The van der Waals surface area contributed by atoms with Crippen molar-refractivity contribution < 1.29 is 9.53 Å². The lowest BCUT2D eigenvalue weighted by Gasteiger charge is -2.13. The standard InChI is InChI=1S/C13H12N6O2S/c1-9(12(20)16-13-14-6-7-22-13)21-11-4-2-10(3-5-11)19-8-15-17-18-19/h2-9H,1H3,(H,14,16,20)/t9-/m0/s1. The zero-order valence-corrected chi connectivity index (χ0v) is 12.4. The van der Waals surface area contributed by atoms with Gasteiger partial charge in [0.05, 0.1) is 5.69 Å². The highest BCUT2D eigenvalue weighted by molar-refractivity contribution is 7.13. The maximum Gasteiger partial charge on any atom is 0.266 e. The second-order valence-corrected chi connectivity index (χ2v) is 5.23. The molecule has 22 heavy (non-hydrogen) atoms. The molecule has 3 rings (SSSR count). The van der Waals surface area contributed by atoms with Crippen molar-refractivity contribution >= 4 is 22.4 Å². The molecule has 1 aromatic carbocycles. The molecule has 1 N–H and O–H groups in total. The van der Waals surface area contributed by atoms with Crippen molar-refractivity contribution in [3.05, 3.63) is 42.2 Å². The van der Waals surface area contributed by atoms with E-state index in [9.17, 15) is 4.79 Å². The summed E-state index contributed by atoms with van der Waals surface area (Å²) in [4.78, 5) is 16.0. The molecule has 9 heteroatoms. The van der Waals surface area contributed by atoms with Crippen LogP contribution in [0.4, 0.5) is 5.13 Å². The fourth-order valence-corrected chi connectivity index (χ4v) is 2.24. The first kappa shape index (κ1) is 14.1. The summed E-state index contributed by atoms with van der Waals surface area (Å²) in [7, 11) is 0. The molecular weight excluding hydrogens is 304 g/mol. The van der Waals surface area contributed by atoms with E-state index in [4.69, 9.17) is 4.74 Å². The van der Waals surface area contributed by atoms with E-state index in [1.54, 1.807) is 42.8 Å². The van der Waals surface area contributed by atoms with Crippen LogP contribution in [0.3, 0.4) is 0 Å². The molecule has 0 bridgehead atoms. The van der Waals surface area contributed by atoms with Gasteiger partial charge < -0.3 is 4.74 Å². The number of ether oxygens (including phenoxy) is 1. The van der Waals surface area contributed by atoms with Crippen LogP contribution in [0, 0.1) is 0 Å². The van der Waals surface area contributed by atoms with Gasteiger partial charge in [0.25, 0.3) is 5.91 Å². The van der Waals surface area contributed by atoms with E-state index in [0.717, 1.165) is 5.69 Å². The normalized spacial score (nSPS) is 11.9. The summed E-state index contributed by atoms with van der Waals surface area (Å²) in [5, 5.41) is 16.0. The van der Waals surface area contributed by atoms with E-state index < -0.39 is 6.10 Å². The van der Waals surface area contributed by atoms with Gasteiger partial charge in [-0.05, 0) is 41.6 Å². The molecule has 0 aliphatic rings. The van der Waals surface area contributed by atoms with Crippen molar-refractivity contribution in [3.8, 4) is 11.4 Å². The number of rotatable bonds is 5. The summed E-state index contributed by atoms with van der Waals surface area (Å²) < 4.78 is 7.13. The van der Waals surface area contributed by atoms with E-state index in [-0.39, 0.29) is 5.91 Å². The quantitative estimate of drug-likeness (QED) is 0.767. The molecule has 0 aliphatic carbocycles. The number of aromatic nitrogens is 5. The van der Waals surface area contributed by atoms with Crippen LogP contribution in [0.1, 0.15) is 6.92 Å². The SMILES string of the molecule is C[C@H](Oc1ccc(-n2cnnn2)cc1)C(=O)Nc1nccs1. The number of hydrogen-bond acceptors (Lipinski definition) is 7. The van der Waals surface area contributed by atoms with E-state index in [1.165, 1.54) is 22.3 Å². The Morgan fingerprint density at radius 2 is 2.18 bits per heavy atom. The van der Waals surface area contributed by atoms with E-state index in [2.05, 4.69) is 25.8 Å². The monoisotopic (exact) mass is 316 g/mol. The highest BCUT2D eigenvalue weighted by Crippen LogP contribution is 2.17. The molecule has 2 heterocycles. The third kappa shape index (κ3) is 3.26. The molecule has 0 spiro atoms. The number of hydrogen-bond donors (Lipinski definition) is 1. The van der Waals surface area contributed by atoms with Crippen molar-refractivity contribution in [1.29, 1.82) is 0 Å². The Morgan fingerprint density at radius 1 is 1.36 bits per heavy atom. The molecule has 0 saturated heterocycles. The van der Waals surface area contributed by atoms with Crippen LogP contribution in [-0.2, 0) is 4.79 Å². The van der Waals surface area contributed by atoms with Crippen LogP contribution in [0.15, 0.2) is 42.2 Å². The molecule has 0 unspecified atom stereocenters. The molecular formula is C13H12N6O2S. The Kier molecular flexibility index (Phi) is 4.05. The molecule has 112 valence electrons. The van der Waals surface area contributed by atoms with Crippen LogP contribution in [0.5, 0.6) is 5.75 Å². The number of anilines is 1. The Morgan fingerprint density at radius 3 is 2.82 bits per heavy atom. The summed E-state index contributed by atoms with van der Waals surface area (Å²) in [5.74, 6) is 0.332. The van der Waals surface area contributed by atoms with Gasteiger partial charge in [-0.2, -0.15) is 0 Å². The van der Waals surface area contributed by atoms with E-state index >= 15 is 0 Å². The van der Waals surface area contributed by atoms with E-state index in [0.29, 0.717) is 10.9 Å². The van der Waals surface area contributed by atoms with Gasteiger partial charge in [0, 0.05) is 11.6 Å². The van der Waals surface area contributed by atoms with Gasteiger partial charge in [0.1, 0.15) is 12.1 Å². The zero-order valence-electron chi connectivity index (χ0n) is 11.6. The van der Waals surface area contributed by atoms with Gasteiger partial charge >= 0.3 is 0 Å². The van der Waals surface area contributed by atoms with Crippen molar-refractivity contribution in [2.75, 3.05) is 5.32 Å². The minimum absolute atomic E-state index is 0.250. The van der Waals surface area contributed by atoms with Gasteiger partial charge in [-0.1, -0.05) is 0 Å². The Balaban J connectivity index is 1.61. The molecule has 0 aliphatic heterocycles. The van der Waals surface area contributed by atoms with Crippen LogP contribution in [-0.4, -0.2) is 37.2 Å². The van der Waals surface area contributed by atoms with Gasteiger partial charge in [-0.3, -0.25) is 10.1 Å². The Labute approximate surface area is 129 Å². The topological polar surface area (TPSA) is 94.8 Å². The van der Waals surface area contributed by atoms with Crippen LogP contribution in [0.2, 0.25) is 0 Å². The number of nitrogens with one attached hydrogen (secondary N) is 1. The molecule has 8 nitrogen and oxygen atoms in total. The summed E-state index contributed by atoms with van der Waals surface area (Å²) in [6, 6.07) is 7.11. The predicted molar refractivity (Wildman–Crippen MR) is 80.0 cm³/mol. The maximum atomic E-state index is 12.0. The summed E-state index contributed by atoms with van der Waals surface area (Å²) in [6.45, 7) is 1.68. The second-order valence-electron chi connectivity index (χ2n) is 4.33. The molecule has 0 fully saturated rings. The predicted octanol–water partition coefficient (Wildman–Crippen LogP) is 1.52. The molecule has 1 amide bonds. The maximum absolute atomic E-state index is 12.0. The number of nitrogens with zero attached hydrogens (tertiary/aromatic N) is 5. The second kappa shape index (κ2) is 6.31. The van der Waals surface area contributed by atoms with Gasteiger partial charge in [-0.25, -0.2) is 9.67 Å². The first-order valence-electron chi connectivity index (χ1n) is 6.43. The smallest absolute Gasteiger partial charge is 0.266 e. The molecule has 3 aromatic rings. The highest BCUT2D eigenvalue weighted by atomic mass is 32.1. The summed E-state index contributed by atoms with van der Waals surface area (Å²) in [6.07, 6.45) is 2.49. The van der Waals surface area contributed by atoms with Crippen LogP contribution < -0.4 is 10.1 Å². The minimum Gasteiger partial charge on any atom is -0.481 e.